The maximum atomic E-state index is 12.2. The van der Waals surface area contributed by atoms with Gasteiger partial charge >= 0.3 is 0 Å². The van der Waals surface area contributed by atoms with E-state index >= 15 is 0 Å². The summed E-state index contributed by atoms with van der Waals surface area (Å²) in [4.78, 5) is 12.2. The van der Waals surface area contributed by atoms with Crippen LogP contribution in [-0.4, -0.2) is 33.3 Å². The lowest BCUT2D eigenvalue weighted by Gasteiger charge is -2.12. The highest BCUT2D eigenvalue weighted by Gasteiger charge is 2.12. The third-order valence-corrected chi connectivity index (χ3v) is 3.61. The summed E-state index contributed by atoms with van der Waals surface area (Å²) in [6.07, 6.45) is 3.22. The van der Waals surface area contributed by atoms with Gasteiger partial charge in [-0.25, -0.2) is 0 Å². The van der Waals surface area contributed by atoms with Gasteiger partial charge < -0.3 is 24.3 Å². The van der Waals surface area contributed by atoms with E-state index in [1.807, 2.05) is 26.0 Å². The van der Waals surface area contributed by atoms with Gasteiger partial charge in [-0.2, -0.15) is 0 Å². The minimum absolute atomic E-state index is 0.104. The van der Waals surface area contributed by atoms with Crippen molar-refractivity contribution < 1.29 is 23.7 Å². The van der Waals surface area contributed by atoms with Gasteiger partial charge in [0.05, 0.1) is 27.4 Å². The van der Waals surface area contributed by atoms with Crippen molar-refractivity contribution in [2.45, 2.75) is 20.0 Å². The van der Waals surface area contributed by atoms with E-state index in [0.717, 1.165) is 11.3 Å². The maximum absolute atomic E-state index is 12.2. The Hall–Kier alpha value is -3.15. The monoisotopic (exact) mass is 371 g/mol. The molecule has 2 aromatic carbocycles. The van der Waals surface area contributed by atoms with Crippen molar-refractivity contribution >= 4 is 17.7 Å². The number of rotatable bonds is 8. The molecule has 0 saturated carbocycles. The second-order valence-electron chi connectivity index (χ2n) is 5.97. The summed E-state index contributed by atoms with van der Waals surface area (Å²) in [5.41, 5.74) is 1.44. The Balaban J connectivity index is 2.08. The molecule has 0 aromatic heterocycles. The molecule has 0 bridgehead atoms. The van der Waals surface area contributed by atoms with Gasteiger partial charge in [-0.15, -0.1) is 0 Å². The Morgan fingerprint density at radius 3 is 2.04 bits per heavy atom. The van der Waals surface area contributed by atoms with Crippen molar-refractivity contribution in [1.82, 2.24) is 0 Å². The van der Waals surface area contributed by atoms with Crippen molar-refractivity contribution in [1.29, 1.82) is 0 Å². The minimum atomic E-state index is -0.249. The SMILES string of the molecule is COc1cc(/C=C/C(=O)Nc2ccc(OC(C)C)cc2)cc(OC)c1OC. The standard InChI is InChI=1S/C21H25NO5/c1-14(2)27-17-9-7-16(8-10-17)22-20(23)11-6-15-12-18(24-3)21(26-5)19(13-15)25-4/h6-14H,1-5H3,(H,22,23)/b11-6+. The summed E-state index contributed by atoms with van der Waals surface area (Å²) < 4.78 is 21.5. The number of carbonyl (C=O) groups excluding carboxylic acids is 1. The number of hydrogen-bond acceptors (Lipinski definition) is 5. The molecule has 144 valence electrons. The van der Waals surface area contributed by atoms with Gasteiger partial charge in [-0.05, 0) is 61.9 Å². The Labute approximate surface area is 159 Å². The second kappa shape index (κ2) is 9.52. The molecule has 0 heterocycles. The van der Waals surface area contributed by atoms with Crippen LogP contribution in [0.4, 0.5) is 5.69 Å². The van der Waals surface area contributed by atoms with E-state index in [0.29, 0.717) is 22.9 Å². The molecule has 0 aliphatic carbocycles. The van der Waals surface area contributed by atoms with Crippen LogP contribution in [0.15, 0.2) is 42.5 Å². The van der Waals surface area contributed by atoms with Crippen LogP contribution in [0.5, 0.6) is 23.0 Å². The van der Waals surface area contributed by atoms with E-state index in [2.05, 4.69) is 5.32 Å². The number of benzene rings is 2. The molecule has 2 aromatic rings. The van der Waals surface area contributed by atoms with Crippen molar-refractivity contribution in [3.8, 4) is 23.0 Å². The molecule has 0 radical (unpaired) electrons. The molecule has 1 amide bonds. The quantitative estimate of drug-likeness (QED) is 0.706. The zero-order valence-corrected chi connectivity index (χ0v) is 16.2. The van der Waals surface area contributed by atoms with E-state index in [1.54, 1.807) is 51.7 Å². The Morgan fingerprint density at radius 2 is 1.56 bits per heavy atom. The maximum Gasteiger partial charge on any atom is 0.248 e. The van der Waals surface area contributed by atoms with Crippen LogP contribution in [0, 0.1) is 0 Å². The number of amides is 1. The van der Waals surface area contributed by atoms with Crippen molar-refractivity contribution in [2.75, 3.05) is 26.6 Å². The number of anilines is 1. The highest BCUT2D eigenvalue weighted by Crippen LogP contribution is 2.38. The number of nitrogens with one attached hydrogen (secondary N) is 1. The average Bonchev–Trinajstić information content (AvgIpc) is 2.66. The number of methoxy groups -OCH3 is 3. The van der Waals surface area contributed by atoms with E-state index < -0.39 is 0 Å². The van der Waals surface area contributed by atoms with Crippen LogP contribution in [0.25, 0.3) is 6.08 Å². The smallest absolute Gasteiger partial charge is 0.248 e. The molecule has 0 unspecified atom stereocenters. The largest absolute Gasteiger partial charge is 0.493 e. The Kier molecular flexibility index (Phi) is 7.11. The van der Waals surface area contributed by atoms with Crippen LogP contribution in [0.3, 0.4) is 0 Å². The summed E-state index contributed by atoms with van der Waals surface area (Å²) in [7, 11) is 4.63. The number of hydrogen-bond donors (Lipinski definition) is 1. The Morgan fingerprint density at radius 1 is 0.963 bits per heavy atom. The van der Waals surface area contributed by atoms with E-state index in [9.17, 15) is 4.79 Å². The molecular weight excluding hydrogens is 346 g/mol. The molecule has 1 N–H and O–H groups in total. The fourth-order valence-electron chi connectivity index (χ4n) is 2.44. The van der Waals surface area contributed by atoms with Crippen LogP contribution in [0.1, 0.15) is 19.4 Å². The number of ether oxygens (including phenoxy) is 4. The normalized spacial score (nSPS) is 10.7. The molecule has 27 heavy (non-hydrogen) atoms. The minimum Gasteiger partial charge on any atom is -0.493 e. The van der Waals surface area contributed by atoms with Crippen molar-refractivity contribution in [3.05, 3.63) is 48.0 Å². The van der Waals surface area contributed by atoms with E-state index in [1.165, 1.54) is 6.08 Å². The van der Waals surface area contributed by atoms with Gasteiger partial charge in [0.1, 0.15) is 5.75 Å². The summed E-state index contributed by atoms with van der Waals surface area (Å²) in [5.74, 6) is 2.07. The van der Waals surface area contributed by atoms with Crippen molar-refractivity contribution in [3.63, 3.8) is 0 Å². The van der Waals surface area contributed by atoms with Gasteiger partial charge in [-0.1, -0.05) is 0 Å². The molecule has 0 saturated heterocycles. The average molecular weight is 371 g/mol. The first kappa shape index (κ1) is 20.2. The van der Waals surface area contributed by atoms with E-state index in [-0.39, 0.29) is 12.0 Å². The first-order valence-electron chi connectivity index (χ1n) is 8.52. The first-order chi connectivity index (χ1) is 13.0. The molecular formula is C21H25NO5. The molecule has 6 nitrogen and oxygen atoms in total. The highest BCUT2D eigenvalue weighted by molar-refractivity contribution is 6.02. The molecule has 0 spiro atoms. The molecule has 6 heteroatoms. The molecule has 0 aliphatic rings. The predicted octanol–water partition coefficient (Wildman–Crippen LogP) is 4.15. The summed E-state index contributed by atoms with van der Waals surface area (Å²) >= 11 is 0. The van der Waals surface area contributed by atoms with E-state index in [4.69, 9.17) is 18.9 Å². The van der Waals surface area contributed by atoms with Gasteiger partial charge in [0.2, 0.25) is 11.7 Å². The topological polar surface area (TPSA) is 66.0 Å². The number of carbonyl (C=O) groups is 1. The van der Waals surface area contributed by atoms with Gasteiger partial charge in [0.25, 0.3) is 0 Å². The van der Waals surface area contributed by atoms with Gasteiger partial charge in [-0.3, -0.25) is 4.79 Å². The van der Waals surface area contributed by atoms with Gasteiger partial charge in [0, 0.05) is 11.8 Å². The second-order valence-corrected chi connectivity index (χ2v) is 5.97. The molecule has 2 rings (SSSR count). The summed E-state index contributed by atoms with van der Waals surface area (Å²) in [6, 6.07) is 10.8. The third-order valence-electron chi connectivity index (χ3n) is 3.61. The van der Waals surface area contributed by atoms with Crippen LogP contribution in [0.2, 0.25) is 0 Å². The van der Waals surface area contributed by atoms with Gasteiger partial charge in [0.15, 0.2) is 11.5 Å². The molecule has 0 fully saturated rings. The van der Waals surface area contributed by atoms with Crippen LogP contribution in [-0.2, 0) is 4.79 Å². The van der Waals surface area contributed by atoms with Crippen LogP contribution < -0.4 is 24.3 Å². The zero-order valence-electron chi connectivity index (χ0n) is 16.2. The van der Waals surface area contributed by atoms with Crippen LogP contribution >= 0.6 is 0 Å². The fourth-order valence-corrected chi connectivity index (χ4v) is 2.44. The predicted molar refractivity (Wildman–Crippen MR) is 106 cm³/mol. The lowest BCUT2D eigenvalue weighted by Crippen LogP contribution is -2.08. The third kappa shape index (κ3) is 5.67. The zero-order chi connectivity index (χ0) is 19.8. The lowest BCUT2D eigenvalue weighted by molar-refractivity contribution is -0.111. The molecule has 0 aliphatic heterocycles. The highest BCUT2D eigenvalue weighted by atomic mass is 16.5. The molecule has 0 atom stereocenters. The van der Waals surface area contributed by atoms with Crippen molar-refractivity contribution in [2.24, 2.45) is 0 Å². The summed E-state index contributed by atoms with van der Waals surface area (Å²) in [6.45, 7) is 3.92. The fraction of sp³-hybridized carbons (Fsp3) is 0.286. The Bertz CT molecular complexity index is 772. The summed E-state index contributed by atoms with van der Waals surface area (Å²) in [5, 5.41) is 2.80. The lowest BCUT2D eigenvalue weighted by atomic mass is 10.1. The first-order valence-corrected chi connectivity index (χ1v) is 8.52.